The van der Waals surface area contributed by atoms with E-state index in [0.717, 1.165) is 30.2 Å². The Bertz CT molecular complexity index is 669. The Morgan fingerprint density at radius 2 is 2.09 bits per heavy atom. The second-order valence-electron chi connectivity index (χ2n) is 5.49. The maximum absolute atomic E-state index is 13.3. The molecule has 4 nitrogen and oxygen atoms in total. The molecule has 3 rings (SSSR count). The normalized spacial score (nSPS) is 15.2. The van der Waals surface area contributed by atoms with Crippen molar-refractivity contribution >= 4 is 11.5 Å². The molecule has 5 heteroatoms. The summed E-state index contributed by atoms with van der Waals surface area (Å²) >= 11 is 0. The Labute approximate surface area is 129 Å². The molecular weight excluding hydrogens is 279 g/mol. The summed E-state index contributed by atoms with van der Waals surface area (Å²) in [5.74, 6) is 0.702. The molecule has 0 spiro atoms. The number of aromatic nitrogens is 1. The predicted molar refractivity (Wildman–Crippen MR) is 86.8 cm³/mol. The maximum Gasteiger partial charge on any atom is 0.129 e. The molecule has 0 radical (unpaired) electrons. The van der Waals surface area contributed by atoms with Gasteiger partial charge in [0.2, 0.25) is 0 Å². The van der Waals surface area contributed by atoms with Crippen molar-refractivity contribution in [1.29, 1.82) is 0 Å². The highest BCUT2D eigenvalue weighted by Crippen LogP contribution is 2.21. The lowest BCUT2D eigenvalue weighted by atomic mass is 10.1. The van der Waals surface area contributed by atoms with Crippen LogP contribution >= 0.6 is 0 Å². The van der Waals surface area contributed by atoms with Gasteiger partial charge < -0.3 is 15.5 Å². The summed E-state index contributed by atoms with van der Waals surface area (Å²) in [6, 6.07) is 10.5. The Balaban J connectivity index is 1.65. The predicted octanol–water partition coefficient (Wildman–Crippen LogP) is 2.64. The second kappa shape index (κ2) is 6.05. The molecule has 2 aromatic rings. The number of nitrogen functional groups attached to an aromatic ring is 1. The molecule has 0 unspecified atom stereocenters. The van der Waals surface area contributed by atoms with Gasteiger partial charge in [0, 0.05) is 25.3 Å². The Kier molecular flexibility index (Phi) is 3.96. The van der Waals surface area contributed by atoms with Gasteiger partial charge in [-0.25, -0.2) is 9.37 Å². The smallest absolute Gasteiger partial charge is 0.129 e. The van der Waals surface area contributed by atoms with Crippen LogP contribution in [0.15, 0.2) is 54.9 Å². The summed E-state index contributed by atoms with van der Waals surface area (Å²) in [7, 11) is 0. The summed E-state index contributed by atoms with van der Waals surface area (Å²) in [5, 5.41) is 0. The monoisotopic (exact) mass is 298 g/mol. The van der Waals surface area contributed by atoms with Crippen LogP contribution in [0, 0.1) is 5.82 Å². The van der Waals surface area contributed by atoms with Crippen LogP contribution in [0.25, 0.3) is 0 Å². The molecule has 0 atom stereocenters. The fourth-order valence-corrected chi connectivity index (χ4v) is 2.63. The molecule has 1 fully saturated rings. The van der Waals surface area contributed by atoms with E-state index in [9.17, 15) is 4.39 Å². The van der Waals surface area contributed by atoms with E-state index in [2.05, 4.69) is 21.4 Å². The van der Waals surface area contributed by atoms with Gasteiger partial charge in [0.1, 0.15) is 11.6 Å². The van der Waals surface area contributed by atoms with E-state index in [4.69, 9.17) is 5.73 Å². The van der Waals surface area contributed by atoms with Crippen molar-refractivity contribution in [2.24, 2.45) is 0 Å². The van der Waals surface area contributed by atoms with E-state index in [1.807, 2.05) is 18.2 Å². The third kappa shape index (κ3) is 3.19. The van der Waals surface area contributed by atoms with Gasteiger partial charge in [-0.1, -0.05) is 18.7 Å². The van der Waals surface area contributed by atoms with E-state index in [0.29, 0.717) is 18.8 Å². The molecule has 114 valence electrons. The lowest BCUT2D eigenvalue weighted by Crippen LogP contribution is -2.44. The van der Waals surface area contributed by atoms with Crippen LogP contribution in [0.3, 0.4) is 0 Å². The number of rotatable bonds is 3. The molecule has 0 saturated carbocycles. The maximum atomic E-state index is 13.3. The average Bonchev–Trinajstić information content (AvgIpc) is 2.50. The van der Waals surface area contributed by atoms with Crippen molar-refractivity contribution in [3.63, 3.8) is 0 Å². The molecule has 0 bridgehead atoms. The van der Waals surface area contributed by atoms with Crippen molar-refractivity contribution in [3.8, 4) is 0 Å². The molecule has 1 saturated heterocycles. The molecule has 1 aliphatic rings. The first-order valence-corrected chi connectivity index (χ1v) is 7.25. The van der Waals surface area contributed by atoms with Crippen molar-refractivity contribution in [1.82, 2.24) is 9.88 Å². The lowest BCUT2D eigenvalue weighted by molar-refractivity contribution is 0.311. The van der Waals surface area contributed by atoms with Crippen molar-refractivity contribution in [2.45, 2.75) is 6.54 Å². The molecule has 1 aromatic carbocycles. The minimum Gasteiger partial charge on any atom is -0.397 e. The van der Waals surface area contributed by atoms with Gasteiger partial charge in [0.25, 0.3) is 0 Å². The van der Waals surface area contributed by atoms with E-state index in [1.165, 1.54) is 6.07 Å². The minimum atomic E-state index is -0.201. The Morgan fingerprint density at radius 3 is 2.77 bits per heavy atom. The molecule has 1 aromatic heterocycles. The number of pyridine rings is 1. The van der Waals surface area contributed by atoms with Crippen LogP contribution in [0.2, 0.25) is 0 Å². The van der Waals surface area contributed by atoms with E-state index in [-0.39, 0.29) is 5.82 Å². The van der Waals surface area contributed by atoms with Gasteiger partial charge in [-0.2, -0.15) is 0 Å². The zero-order valence-corrected chi connectivity index (χ0v) is 12.4. The number of halogens is 1. The third-order valence-corrected chi connectivity index (χ3v) is 3.82. The summed E-state index contributed by atoms with van der Waals surface area (Å²) in [5.41, 5.74) is 8.29. The Morgan fingerprint density at radius 1 is 1.23 bits per heavy atom. The number of hydrogen-bond donors (Lipinski definition) is 1. The highest BCUT2D eigenvalue weighted by Gasteiger charge is 2.20. The highest BCUT2D eigenvalue weighted by atomic mass is 19.1. The first-order chi connectivity index (χ1) is 10.6. The molecule has 0 aliphatic carbocycles. The van der Waals surface area contributed by atoms with Gasteiger partial charge in [-0.3, -0.25) is 0 Å². The largest absolute Gasteiger partial charge is 0.397 e. The van der Waals surface area contributed by atoms with Gasteiger partial charge in [-0.05, 0) is 29.8 Å². The minimum absolute atomic E-state index is 0.201. The van der Waals surface area contributed by atoms with Gasteiger partial charge in [0.05, 0.1) is 18.4 Å². The summed E-state index contributed by atoms with van der Waals surface area (Å²) in [6.45, 7) is 7.23. The topological polar surface area (TPSA) is 45.4 Å². The zero-order chi connectivity index (χ0) is 15.5. The average molecular weight is 298 g/mol. The van der Waals surface area contributed by atoms with Crippen LogP contribution in [0.4, 0.5) is 15.9 Å². The molecule has 2 heterocycles. The fraction of sp³-hybridized carbons (Fsp3) is 0.235. The molecular formula is C17H19FN4. The fourth-order valence-electron chi connectivity index (χ4n) is 2.63. The number of piperazine rings is 1. The van der Waals surface area contributed by atoms with E-state index >= 15 is 0 Å². The summed E-state index contributed by atoms with van der Waals surface area (Å²) < 4.78 is 13.3. The Hall–Kier alpha value is -2.56. The second-order valence-corrected chi connectivity index (χ2v) is 5.49. The number of nitrogens with zero attached hydrogens (tertiary/aromatic N) is 3. The zero-order valence-electron chi connectivity index (χ0n) is 12.4. The standard InChI is InChI=1S/C17H19FN4/c1-13-11-22(17-6-5-16(19)10-20-17)8-7-21(13)12-14-3-2-4-15(18)9-14/h2-6,9-10H,1,7-8,11-12,19H2. The van der Waals surface area contributed by atoms with Crippen LogP contribution in [-0.4, -0.2) is 29.5 Å². The number of nitrogens with two attached hydrogens (primary N) is 1. The van der Waals surface area contributed by atoms with E-state index in [1.54, 1.807) is 18.3 Å². The van der Waals surface area contributed by atoms with Crippen LogP contribution in [0.1, 0.15) is 5.56 Å². The number of benzene rings is 1. The first-order valence-electron chi connectivity index (χ1n) is 7.25. The third-order valence-electron chi connectivity index (χ3n) is 3.82. The molecule has 0 amide bonds. The van der Waals surface area contributed by atoms with Crippen LogP contribution in [-0.2, 0) is 6.54 Å². The molecule has 2 N–H and O–H groups in total. The quantitative estimate of drug-likeness (QED) is 0.946. The first kappa shape index (κ1) is 14.4. The number of hydrogen-bond acceptors (Lipinski definition) is 4. The number of anilines is 2. The van der Waals surface area contributed by atoms with Crippen molar-refractivity contribution in [3.05, 3.63) is 66.3 Å². The molecule has 22 heavy (non-hydrogen) atoms. The van der Waals surface area contributed by atoms with E-state index < -0.39 is 0 Å². The SMILES string of the molecule is C=C1CN(c2ccc(N)cn2)CCN1Cc1cccc(F)c1. The molecule has 1 aliphatic heterocycles. The summed E-state index contributed by atoms with van der Waals surface area (Å²) in [6.07, 6.45) is 1.66. The van der Waals surface area contributed by atoms with Gasteiger partial charge in [0.15, 0.2) is 0 Å². The summed E-state index contributed by atoms with van der Waals surface area (Å²) in [4.78, 5) is 8.70. The van der Waals surface area contributed by atoms with Gasteiger partial charge >= 0.3 is 0 Å². The van der Waals surface area contributed by atoms with Crippen molar-refractivity contribution in [2.75, 3.05) is 30.3 Å². The van der Waals surface area contributed by atoms with Crippen molar-refractivity contribution < 1.29 is 4.39 Å². The van der Waals surface area contributed by atoms with Gasteiger partial charge in [-0.15, -0.1) is 0 Å². The lowest BCUT2D eigenvalue weighted by Gasteiger charge is -2.38. The van der Waals surface area contributed by atoms with Crippen LogP contribution < -0.4 is 10.6 Å². The van der Waals surface area contributed by atoms with Crippen LogP contribution in [0.5, 0.6) is 0 Å². The highest BCUT2D eigenvalue weighted by molar-refractivity contribution is 5.47.